The van der Waals surface area contributed by atoms with Gasteiger partial charge in [-0.1, -0.05) is 38.1 Å². The topological polar surface area (TPSA) is 43.2 Å². The van der Waals surface area contributed by atoms with Gasteiger partial charge in [0.15, 0.2) is 0 Å². The quantitative estimate of drug-likeness (QED) is 0.792. The highest BCUT2D eigenvalue weighted by Gasteiger charge is 2.20. The normalized spacial score (nSPS) is 15.3. The highest BCUT2D eigenvalue weighted by molar-refractivity contribution is 5.31. The van der Waals surface area contributed by atoms with E-state index in [0.29, 0.717) is 0 Å². The molecule has 0 amide bonds. The lowest BCUT2D eigenvalue weighted by Crippen LogP contribution is -2.32. The zero-order valence-electron chi connectivity index (χ0n) is 15.2. The molecule has 24 heavy (non-hydrogen) atoms. The molecule has 0 atom stereocenters. The zero-order chi connectivity index (χ0) is 17.2. The van der Waals surface area contributed by atoms with Crippen molar-refractivity contribution in [1.29, 1.82) is 0 Å². The standard InChI is InChI=1S/C19H28N4O/c1-19(2,3)15-6-8-16(9-7-15)24-13-5-11-23-12-10-18-17(14-23)20-21-22(18)4/h6-9H,5,10-14H2,1-4H3. The molecular weight excluding hydrogens is 300 g/mol. The van der Waals surface area contributed by atoms with Crippen LogP contribution in [0, 0.1) is 0 Å². The summed E-state index contributed by atoms with van der Waals surface area (Å²) in [5.41, 5.74) is 3.93. The van der Waals surface area contributed by atoms with Crippen LogP contribution in [-0.2, 0) is 25.4 Å². The van der Waals surface area contributed by atoms with Crippen molar-refractivity contribution in [2.75, 3.05) is 19.7 Å². The number of rotatable bonds is 5. The molecule has 1 aliphatic heterocycles. The average molecular weight is 328 g/mol. The Balaban J connectivity index is 1.41. The number of aromatic nitrogens is 3. The van der Waals surface area contributed by atoms with Gasteiger partial charge in [0.25, 0.3) is 0 Å². The van der Waals surface area contributed by atoms with Crippen LogP contribution < -0.4 is 4.74 Å². The monoisotopic (exact) mass is 328 g/mol. The van der Waals surface area contributed by atoms with E-state index in [-0.39, 0.29) is 5.41 Å². The number of nitrogens with zero attached hydrogens (tertiary/aromatic N) is 4. The second kappa shape index (κ2) is 6.93. The van der Waals surface area contributed by atoms with E-state index in [9.17, 15) is 0 Å². The Morgan fingerprint density at radius 3 is 2.62 bits per heavy atom. The van der Waals surface area contributed by atoms with Crippen LogP contribution in [0.4, 0.5) is 0 Å². The molecule has 0 radical (unpaired) electrons. The third kappa shape index (κ3) is 3.96. The van der Waals surface area contributed by atoms with Crippen molar-refractivity contribution in [2.45, 2.75) is 45.6 Å². The molecule has 0 bridgehead atoms. The fourth-order valence-electron chi connectivity index (χ4n) is 3.12. The Bertz CT molecular complexity index is 670. The molecule has 5 nitrogen and oxygen atoms in total. The summed E-state index contributed by atoms with van der Waals surface area (Å²) >= 11 is 0. The van der Waals surface area contributed by atoms with Gasteiger partial charge in [-0.05, 0) is 29.5 Å². The van der Waals surface area contributed by atoms with E-state index in [1.807, 2.05) is 11.7 Å². The Kier molecular flexibility index (Phi) is 4.90. The Morgan fingerprint density at radius 2 is 1.92 bits per heavy atom. The van der Waals surface area contributed by atoms with Gasteiger partial charge >= 0.3 is 0 Å². The van der Waals surface area contributed by atoms with E-state index in [1.165, 1.54) is 11.3 Å². The molecule has 0 aliphatic carbocycles. The van der Waals surface area contributed by atoms with E-state index in [2.05, 4.69) is 60.2 Å². The molecule has 0 unspecified atom stereocenters. The highest BCUT2D eigenvalue weighted by Crippen LogP contribution is 2.24. The smallest absolute Gasteiger partial charge is 0.119 e. The maximum absolute atomic E-state index is 5.88. The van der Waals surface area contributed by atoms with E-state index in [0.717, 1.165) is 50.5 Å². The van der Waals surface area contributed by atoms with Crippen molar-refractivity contribution < 1.29 is 4.74 Å². The molecular formula is C19H28N4O. The summed E-state index contributed by atoms with van der Waals surface area (Å²) in [6.07, 6.45) is 2.06. The molecule has 1 aromatic heterocycles. The van der Waals surface area contributed by atoms with Gasteiger partial charge in [-0.3, -0.25) is 9.58 Å². The molecule has 5 heteroatoms. The molecule has 2 aromatic rings. The largest absolute Gasteiger partial charge is 0.494 e. The lowest BCUT2D eigenvalue weighted by atomic mass is 9.87. The minimum absolute atomic E-state index is 0.186. The Labute approximate surface area is 144 Å². The second-order valence-electron chi connectivity index (χ2n) is 7.61. The van der Waals surface area contributed by atoms with E-state index < -0.39 is 0 Å². The molecule has 1 aliphatic rings. The van der Waals surface area contributed by atoms with Gasteiger partial charge in [0.1, 0.15) is 5.75 Å². The SMILES string of the molecule is Cn1nnc2c1CCN(CCCOc1ccc(C(C)(C)C)cc1)C2. The molecule has 130 valence electrons. The summed E-state index contributed by atoms with van der Waals surface area (Å²) in [7, 11) is 1.97. The van der Waals surface area contributed by atoms with Gasteiger partial charge < -0.3 is 4.74 Å². The molecule has 0 saturated heterocycles. The maximum Gasteiger partial charge on any atom is 0.119 e. The molecule has 0 N–H and O–H groups in total. The summed E-state index contributed by atoms with van der Waals surface area (Å²) in [5, 5.41) is 8.36. The summed E-state index contributed by atoms with van der Waals surface area (Å²) in [6, 6.07) is 8.48. The van der Waals surface area contributed by atoms with Gasteiger partial charge in [-0.15, -0.1) is 5.10 Å². The highest BCUT2D eigenvalue weighted by atomic mass is 16.5. The van der Waals surface area contributed by atoms with Crippen molar-refractivity contribution >= 4 is 0 Å². The molecule has 0 fully saturated rings. The molecule has 2 heterocycles. The molecule has 1 aromatic carbocycles. The van der Waals surface area contributed by atoms with Crippen molar-refractivity contribution in [3.05, 3.63) is 41.2 Å². The predicted molar refractivity (Wildman–Crippen MR) is 95.2 cm³/mol. The van der Waals surface area contributed by atoms with Gasteiger partial charge in [0, 0.05) is 33.1 Å². The molecule has 0 spiro atoms. The number of ether oxygens (including phenoxy) is 1. The summed E-state index contributed by atoms with van der Waals surface area (Å²) in [6.45, 7) is 10.4. The van der Waals surface area contributed by atoms with E-state index in [4.69, 9.17) is 4.74 Å². The molecule has 0 saturated carbocycles. The average Bonchev–Trinajstić information content (AvgIpc) is 2.92. The summed E-state index contributed by atoms with van der Waals surface area (Å²) < 4.78 is 7.78. The van der Waals surface area contributed by atoms with Crippen molar-refractivity contribution in [1.82, 2.24) is 19.9 Å². The van der Waals surface area contributed by atoms with Crippen molar-refractivity contribution in [3.8, 4) is 5.75 Å². The second-order valence-corrected chi connectivity index (χ2v) is 7.61. The third-order valence-electron chi connectivity index (χ3n) is 4.67. The summed E-state index contributed by atoms with van der Waals surface area (Å²) in [5.74, 6) is 0.956. The number of benzene rings is 1. The fraction of sp³-hybridized carbons (Fsp3) is 0.579. The first-order valence-electron chi connectivity index (χ1n) is 8.76. The first-order valence-corrected chi connectivity index (χ1v) is 8.76. The van der Waals surface area contributed by atoms with Gasteiger partial charge in [-0.2, -0.15) is 0 Å². The van der Waals surface area contributed by atoms with Gasteiger partial charge in [-0.25, -0.2) is 0 Å². The van der Waals surface area contributed by atoms with Crippen LogP contribution >= 0.6 is 0 Å². The van der Waals surface area contributed by atoms with Crippen LogP contribution in [0.5, 0.6) is 5.75 Å². The zero-order valence-corrected chi connectivity index (χ0v) is 15.2. The first kappa shape index (κ1) is 17.0. The molecule has 3 rings (SSSR count). The van der Waals surface area contributed by atoms with Crippen LogP contribution in [0.25, 0.3) is 0 Å². The Hall–Kier alpha value is -1.88. The van der Waals surface area contributed by atoms with E-state index in [1.54, 1.807) is 0 Å². The van der Waals surface area contributed by atoms with Crippen LogP contribution in [0.15, 0.2) is 24.3 Å². The number of hydrogen-bond donors (Lipinski definition) is 0. The minimum Gasteiger partial charge on any atom is -0.494 e. The maximum atomic E-state index is 5.88. The van der Waals surface area contributed by atoms with Crippen LogP contribution in [0.1, 0.15) is 44.1 Å². The van der Waals surface area contributed by atoms with Crippen LogP contribution in [-0.4, -0.2) is 39.6 Å². The number of fused-ring (bicyclic) bond motifs is 1. The third-order valence-corrected chi connectivity index (χ3v) is 4.67. The van der Waals surface area contributed by atoms with Crippen LogP contribution in [0.2, 0.25) is 0 Å². The van der Waals surface area contributed by atoms with Crippen LogP contribution in [0.3, 0.4) is 0 Å². The first-order chi connectivity index (χ1) is 11.4. The van der Waals surface area contributed by atoms with Gasteiger partial charge in [0.05, 0.1) is 18.0 Å². The number of hydrogen-bond acceptors (Lipinski definition) is 4. The van der Waals surface area contributed by atoms with E-state index >= 15 is 0 Å². The van der Waals surface area contributed by atoms with Crippen molar-refractivity contribution in [3.63, 3.8) is 0 Å². The Morgan fingerprint density at radius 1 is 1.17 bits per heavy atom. The minimum atomic E-state index is 0.186. The number of aryl methyl sites for hydroxylation is 1. The van der Waals surface area contributed by atoms with Crippen molar-refractivity contribution in [2.24, 2.45) is 7.05 Å². The summed E-state index contributed by atoms with van der Waals surface area (Å²) in [4.78, 5) is 2.43. The predicted octanol–water partition coefficient (Wildman–Crippen LogP) is 2.94. The lowest BCUT2D eigenvalue weighted by molar-refractivity contribution is 0.217. The fourth-order valence-corrected chi connectivity index (χ4v) is 3.12. The van der Waals surface area contributed by atoms with Gasteiger partial charge in [0.2, 0.25) is 0 Å². The lowest BCUT2D eigenvalue weighted by Gasteiger charge is -2.25.